The van der Waals surface area contributed by atoms with Crippen molar-refractivity contribution in [3.63, 3.8) is 0 Å². The summed E-state index contributed by atoms with van der Waals surface area (Å²) in [4.78, 5) is 30.1. The summed E-state index contributed by atoms with van der Waals surface area (Å²) in [6, 6.07) is 6.72. The Morgan fingerprint density at radius 2 is 2.00 bits per heavy atom. The molecule has 1 unspecified atom stereocenters. The van der Waals surface area contributed by atoms with Crippen LogP contribution in [0.2, 0.25) is 0 Å². The highest BCUT2D eigenvalue weighted by Gasteiger charge is 2.33. The molecular formula is C20H22N2O5. The fourth-order valence-corrected chi connectivity index (χ4v) is 3.49. The van der Waals surface area contributed by atoms with Gasteiger partial charge in [-0.1, -0.05) is 6.07 Å². The van der Waals surface area contributed by atoms with Crippen LogP contribution in [-0.2, 0) is 22.4 Å². The molecule has 0 aliphatic carbocycles. The Hall–Kier alpha value is -3.09. The predicted octanol–water partition coefficient (Wildman–Crippen LogP) is 2.24. The van der Waals surface area contributed by atoms with Crippen LogP contribution in [0.1, 0.15) is 29.2 Å². The molecule has 3 rings (SSSR count). The van der Waals surface area contributed by atoms with Gasteiger partial charge in [-0.15, -0.1) is 0 Å². The van der Waals surface area contributed by atoms with E-state index in [2.05, 4.69) is 4.98 Å². The Labute approximate surface area is 157 Å². The second kappa shape index (κ2) is 8.07. The van der Waals surface area contributed by atoms with Crippen LogP contribution in [0.5, 0.6) is 11.5 Å². The van der Waals surface area contributed by atoms with E-state index in [-0.39, 0.29) is 18.7 Å². The summed E-state index contributed by atoms with van der Waals surface area (Å²) in [6.45, 7) is 0.458. The van der Waals surface area contributed by atoms with Gasteiger partial charge in [-0.2, -0.15) is 0 Å². The number of aromatic nitrogens is 1. The van der Waals surface area contributed by atoms with Crippen LogP contribution in [0, 0.1) is 0 Å². The molecule has 0 saturated heterocycles. The summed E-state index contributed by atoms with van der Waals surface area (Å²) >= 11 is 0. The van der Waals surface area contributed by atoms with Crippen molar-refractivity contribution in [1.82, 2.24) is 9.88 Å². The molecule has 0 bridgehead atoms. The Kier molecular flexibility index (Phi) is 5.59. The maximum absolute atomic E-state index is 12.9. The second-order valence-electron chi connectivity index (χ2n) is 6.39. The van der Waals surface area contributed by atoms with Gasteiger partial charge in [0.15, 0.2) is 11.5 Å². The van der Waals surface area contributed by atoms with Crippen molar-refractivity contribution < 1.29 is 24.2 Å². The number of pyridine rings is 1. The molecule has 1 amide bonds. The summed E-state index contributed by atoms with van der Waals surface area (Å²) in [5, 5.41) is 9.40. The standard InChI is InChI=1S/C20H22N2O5/c1-26-17-9-14-5-7-22(19(23)8-13-4-3-6-21-12-13)16(11-20(24)25)15(14)10-18(17)27-2/h3-4,6,9-10,12,16H,5,7-8,11H2,1-2H3,(H,24,25). The van der Waals surface area contributed by atoms with Crippen LogP contribution in [0.25, 0.3) is 0 Å². The van der Waals surface area contributed by atoms with E-state index < -0.39 is 12.0 Å². The molecule has 0 saturated carbocycles. The molecule has 1 aliphatic rings. The van der Waals surface area contributed by atoms with E-state index in [0.717, 1.165) is 16.7 Å². The van der Waals surface area contributed by atoms with Crippen LogP contribution < -0.4 is 9.47 Å². The number of aliphatic carboxylic acids is 1. The van der Waals surface area contributed by atoms with E-state index in [1.807, 2.05) is 12.1 Å². The lowest BCUT2D eigenvalue weighted by Crippen LogP contribution is -2.41. The molecule has 0 fully saturated rings. The van der Waals surface area contributed by atoms with Gasteiger partial charge in [0.25, 0.3) is 0 Å². The summed E-state index contributed by atoms with van der Waals surface area (Å²) in [6.07, 6.45) is 3.95. The lowest BCUT2D eigenvalue weighted by molar-refractivity contribution is -0.141. The summed E-state index contributed by atoms with van der Waals surface area (Å²) in [5.41, 5.74) is 2.57. The van der Waals surface area contributed by atoms with Gasteiger partial charge in [-0.3, -0.25) is 14.6 Å². The number of ether oxygens (including phenoxy) is 2. The average molecular weight is 370 g/mol. The number of methoxy groups -OCH3 is 2. The monoisotopic (exact) mass is 370 g/mol. The number of carbonyl (C=O) groups is 2. The van der Waals surface area contributed by atoms with Crippen LogP contribution in [0.4, 0.5) is 0 Å². The van der Waals surface area contributed by atoms with Gasteiger partial charge in [0.1, 0.15) is 0 Å². The third-order valence-electron chi connectivity index (χ3n) is 4.77. The number of fused-ring (bicyclic) bond motifs is 1. The number of rotatable bonds is 6. The first-order valence-electron chi connectivity index (χ1n) is 8.68. The van der Waals surface area contributed by atoms with Crippen molar-refractivity contribution in [3.05, 3.63) is 53.3 Å². The number of carboxylic acids is 1. The van der Waals surface area contributed by atoms with Gasteiger partial charge < -0.3 is 19.5 Å². The predicted molar refractivity (Wildman–Crippen MR) is 97.9 cm³/mol. The normalized spacial score (nSPS) is 15.8. The summed E-state index contributed by atoms with van der Waals surface area (Å²) < 4.78 is 10.7. The van der Waals surface area contributed by atoms with Gasteiger partial charge in [0.05, 0.1) is 33.1 Å². The Morgan fingerprint density at radius 3 is 2.63 bits per heavy atom. The first-order valence-corrected chi connectivity index (χ1v) is 8.68. The second-order valence-corrected chi connectivity index (χ2v) is 6.39. The van der Waals surface area contributed by atoms with E-state index in [1.165, 1.54) is 7.11 Å². The molecule has 2 aromatic rings. The van der Waals surface area contributed by atoms with Gasteiger partial charge in [-0.25, -0.2) is 0 Å². The van der Waals surface area contributed by atoms with Crippen LogP contribution in [0.3, 0.4) is 0 Å². The quantitative estimate of drug-likeness (QED) is 0.839. The van der Waals surface area contributed by atoms with Crippen molar-refractivity contribution in [1.29, 1.82) is 0 Å². The van der Waals surface area contributed by atoms with Crippen molar-refractivity contribution in [3.8, 4) is 11.5 Å². The van der Waals surface area contributed by atoms with Crippen molar-refractivity contribution in [2.24, 2.45) is 0 Å². The molecule has 1 atom stereocenters. The maximum Gasteiger partial charge on any atom is 0.305 e. The average Bonchev–Trinajstić information content (AvgIpc) is 2.67. The number of carbonyl (C=O) groups excluding carboxylic acids is 1. The van der Waals surface area contributed by atoms with Crippen LogP contribution in [0.15, 0.2) is 36.7 Å². The third-order valence-corrected chi connectivity index (χ3v) is 4.77. The van der Waals surface area contributed by atoms with Crippen molar-refractivity contribution in [2.75, 3.05) is 20.8 Å². The molecule has 0 spiro atoms. The minimum atomic E-state index is -0.957. The zero-order valence-electron chi connectivity index (χ0n) is 15.3. The Balaban J connectivity index is 1.94. The van der Waals surface area contributed by atoms with E-state index in [4.69, 9.17) is 9.47 Å². The first kappa shape index (κ1) is 18.7. The lowest BCUT2D eigenvalue weighted by Gasteiger charge is -2.37. The lowest BCUT2D eigenvalue weighted by atomic mass is 9.89. The summed E-state index contributed by atoms with van der Waals surface area (Å²) in [7, 11) is 3.09. The van der Waals surface area contributed by atoms with Crippen molar-refractivity contribution >= 4 is 11.9 Å². The number of nitrogens with zero attached hydrogens (tertiary/aromatic N) is 2. The molecule has 1 aromatic heterocycles. The number of benzene rings is 1. The molecule has 0 radical (unpaired) electrons. The molecule has 1 aromatic carbocycles. The minimum Gasteiger partial charge on any atom is -0.493 e. The number of amides is 1. The maximum atomic E-state index is 12.9. The fraction of sp³-hybridized carbons (Fsp3) is 0.350. The highest BCUT2D eigenvalue weighted by atomic mass is 16.5. The van der Waals surface area contributed by atoms with E-state index in [0.29, 0.717) is 24.5 Å². The van der Waals surface area contributed by atoms with Gasteiger partial charge in [-0.05, 0) is 41.3 Å². The highest BCUT2D eigenvalue weighted by Crippen LogP contribution is 2.39. The Bertz CT molecular complexity index is 838. The molecule has 142 valence electrons. The fourth-order valence-electron chi connectivity index (χ4n) is 3.49. The minimum absolute atomic E-state index is 0.116. The molecule has 7 heteroatoms. The van der Waals surface area contributed by atoms with E-state index >= 15 is 0 Å². The molecule has 1 aliphatic heterocycles. The molecule has 27 heavy (non-hydrogen) atoms. The Morgan fingerprint density at radius 1 is 1.26 bits per heavy atom. The van der Waals surface area contributed by atoms with Crippen LogP contribution in [-0.4, -0.2) is 47.6 Å². The summed E-state index contributed by atoms with van der Waals surface area (Å²) in [5.74, 6) is 0.0464. The molecule has 1 N–H and O–H groups in total. The number of carboxylic acid groups (broad SMARTS) is 1. The zero-order chi connectivity index (χ0) is 19.4. The molecule has 2 heterocycles. The highest BCUT2D eigenvalue weighted by molar-refractivity contribution is 5.80. The van der Waals surface area contributed by atoms with Crippen molar-refractivity contribution in [2.45, 2.75) is 25.3 Å². The smallest absolute Gasteiger partial charge is 0.305 e. The van der Waals surface area contributed by atoms with Gasteiger partial charge >= 0.3 is 5.97 Å². The van der Waals surface area contributed by atoms with E-state index in [9.17, 15) is 14.7 Å². The van der Waals surface area contributed by atoms with Crippen LogP contribution >= 0.6 is 0 Å². The zero-order valence-corrected chi connectivity index (χ0v) is 15.3. The number of hydrogen-bond donors (Lipinski definition) is 1. The first-order chi connectivity index (χ1) is 13.0. The molecular weight excluding hydrogens is 348 g/mol. The van der Waals surface area contributed by atoms with Gasteiger partial charge in [0, 0.05) is 18.9 Å². The SMILES string of the molecule is COc1cc2c(cc1OC)C(CC(=O)O)N(C(=O)Cc1cccnc1)CC2. The number of hydrogen-bond acceptors (Lipinski definition) is 5. The van der Waals surface area contributed by atoms with E-state index in [1.54, 1.807) is 36.5 Å². The topological polar surface area (TPSA) is 89.0 Å². The molecule has 7 nitrogen and oxygen atoms in total. The largest absolute Gasteiger partial charge is 0.493 e. The van der Waals surface area contributed by atoms with Gasteiger partial charge in [0.2, 0.25) is 5.91 Å². The third kappa shape index (κ3) is 4.02.